The van der Waals surface area contributed by atoms with Gasteiger partial charge in [0.1, 0.15) is 29.6 Å². The van der Waals surface area contributed by atoms with Crippen LogP contribution < -0.4 is 19.8 Å². The molecule has 1 aromatic heterocycles. The predicted molar refractivity (Wildman–Crippen MR) is 132 cm³/mol. The molecule has 0 N–H and O–H groups in total. The van der Waals surface area contributed by atoms with Crippen molar-refractivity contribution in [2.75, 3.05) is 27.5 Å². The SMILES string of the molecule is COc1ccc(CCN2COc3c(cc4c(-c5ccc(OC)cc5)cc(=O)oc4c3C)C2)cc1. The van der Waals surface area contributed by atoms with Crippen LogP contribution in [0, 0.1) is 6.92 Å². The van der Waals surface area contributed by atoms with E-state index in [1.165, 1.54) is 5.56 Å². The molecule has 0 spiro atoms. The number of ether oxygens (including phenoxy) is 3. The molecular weight excluding hydrogens is 430 g/mol. The molecule has 34 heavy (non-hydrogen) atoms. The minimum Gasteiger partial charge on any atom is -0.497 e. The monoisotopic (exact) mass is 457 g/mol. The molecule has 0 amide bonds. The van der Waals surface area contributed by atoms with E-state index in [0.29, 0.717) is 12.3 Å². The Morgan fingerprint density at radius 3 is 2.29 bits per heavy atom. The van der Waals surface area contributed by atoms with Crippen LogP contribution in [0.3, 0.4) is 0 Å². The maximum absolute atomic E-state index is 12.4. The van der Waals surface area contributed by atoms with Crippen LogP contribution in [0.5, 0.6) is 17.2 Å². The normalized spacial score (nSPS) is 13.4. The fourth-order valence-corrected chi connectivity index (χ4v) is 4.50. The summed E-state index contributed by atoms with van der Waals surface area (Å²) in [6.07, 6.45) is 0.918. The van der Waals surface area contributed by atoms with Crippen LogP contribution in [-0.2, 0) is 13.0 Å². The zero-order chi connectivity index (χ0) is 23.7. The highest BCUT2D eigenvalue weighted by atomic mass is 16.5. The molecule has 6 nitrogen and oxygen atoms in total. The lowest BCUT2D eigenvalue weighted by atomic mass is 9.96. The number of nitrogens with zero attached hydrogens (tertiary/aromatic N) is 1. The Kier molecular flexibility index (Phi) is 5.99. The number of aryl methyl sites for hydroxylation is 1. The fourth-order valence-electron chi connectivity index (χ4n) is 4.50. The molecule has 1 aliphatic heterocycles. The minimum atomic E-state index is -0.377. The van der Waals surface area contributed by atoms with Gasteiger partial charge in [-0.15, -0.1) is 0 Å². The summed E-state index contributed by atoms with van der Waals surface area (Å²) in [6, 6.07) is 19.5. The molecule has 0 atom stereocenters. The smallest absolute Gasteiger partial charge is 0.336 e. The van der Waals surface area contributed by atoms with Crippen molar-refractivity contribution in [1.29, 1.82) is 0 Å². The van der Waals surface area contributed by atoms with Crippen molar-refractivity contribution in [3.05, 3.63) is 87.8 Å². The highest BCUT2D eigenvalue weighted by Crippen LogP contribution is 2.38. The van der Waals surface area contributed by atoms with Gasteiger partial charge < -0.3 is 18.6 Å². The predicted octanol–water partition coefficient (Wildman–Crippen LogP) is 5.18. The molecular formula is C28H27NO5. The molecule has 0 radical (unpaired) electrons. The van der Waals surface area contributed by atoms with Gasteiger partial charge in [-0.05, 0) is 60.4 Å². The van der Waals surface area contributed by atoms with Crippen LogP contribution in [0.25, 0.3) is 22.1 Å². The maximum atomic E-state index is 12.4. The van der Waals surface area contributed by atoms with E-state index in [1.807, 2.05) is 43.3 Å². The van der Waals surface area contributed by atoms with Gasteiger partial charge in [0.25, 0.3) is 0 Å². The Bertz CT molecular complexity index is 1370. The fraction of sp³-hybridized carbons (Fsp3) is 0.250. The van der Waals surface area contributed by atoms with Gasteiger partial charge in [-0.25, -0.2) is 4.79 Å². The first-order chi connectivity index (χ1) is 16.6. The molecule has 0 fully saturated rings. The quantitative estimate of drug-likeness (QED) is 0.372. The molecule has 6 heteroatoms. The molecule has 0 unspecified atom stereocenters. The van der Waals surface area contributed by atoms with Crippen molar-refractivity contribution in [1.82, 2.24) is 4.90 Å². The van der Waals surface area contributed by atoms with Crippen molar-refractivity contribution in [3.8, 4) is 28.4 Å². The molecule has 0 saturated carbocycles. The molecule has 3 aromatic carbocycles. The number of benzene rings is 3. The average molecular weight is 458 g/mol. The van der Waals surface area contributed by atoms with E-state index < -0.39 is 0 Å². The highest BCUT2D eigenvalue weighted by Gasteiger charge is 2.23. The summed E-state index contributed by atoms with van der Waals surface area (Å²) < 4.78 is 22.3. The standard InChI is InChI=1S/C28H27NO5/c1-18-27-21(16-29(17-33-27)13-12-19-4-8-22(31-2)9-5-19)14-25-24(15-26(30)34-28(18)25)20-6-10-23(32-3)11-7-20/h4-11,14-15H,12-13,16-17H2,1-3H3. The second kappa shape index (κ2) is 9.23. The topological polar surface area (TPSA) is 61.1 Å². The zero-order valence-corrected chi connectivity index (χ0v) is 19.6. The van der Waals surface area contributed by atoms with E-state index >= 15 is 0 Å². The lowest BCUT2D eigenvalue weighted by Crippen LogP contribution is -2.34. The second-order valence-corrected chi connectivity index (χ2v) is 8.50. The molecule has 5 rings (SSSR count). The average Bonchev–Trinajstić information content (AvgIpc) is 2.88. The number of hydrogen-bond acceptors (Lipinski definition) is 6. The summed E-state index contributed by atoms with van der Waals surface area (Å²) in [5.41, 5.74) is 5.18. The van der Waals surface area contributed by atoms with Gasteiger partial charge in [0.15, 0.2) is 0 Å². The van der Waals surface area contributed by atoms with E-state index in [-0.39, 0.29) is 5.63 Å². The summed E-state index contributed by atoms with van der Waals surface area (Å²) in [5.74, 6) is 2.44. The third-order valence-electron chi connectivity index (χ3n) is 6.35. The van der Waals surface area contributed by atoms with E-state index in [4.69, 9.17) is 18.6 Å². The number of fused-ring (bicyclic) bond motifs is 2. The van der Waals surface area contributed by atoms with Crippen molar-refractivity contribution >= 4 is 11.0 Å². The van der Waals surface area contributed by atoms with Gasteiger partial charge in [-0.1, -0.05) is 24.3 Å². The van der Waals surface area contributed by atoms with Gasteiger partial charge in [0.2, 0.25) is 0 Å². The summed E-state index contributed by atoms with van der Waals surface area (Å²) in [7, 11) is 3.31. The third-order valence-corrected chi connectivity index (χ3v) is 6.35. The summed E-state index contributed by atoms with van der Waals surface area (Å²) >= 11 is 0. The molecule has 0 bridgehead atoms. The van der Waals surface area contributed by atoms with E-state index in [9.17, 15) is 4.79 Å². The van der Waals surface area contributed by atoms with Crippen LogP contribution in [0.15, 0.2) is 69.9 Å². The Balaban J connectivity index is 1.45. The molecule has 1 aliphatic rings. The minimum absolute atomic E-state index is 0.377. The van der Waals surface area contributed by atoms with E-state index in [1.54, 1.807) is 20.3 Å². The Morgan fingerprint density at radius 2 is 1.62 bits per heavy atom. The number of rotatable bonds is 6. The van der Waals surface area contributed by atoms with Crippen LogP contribution in [-0.4, -0.2) is 32.4 Å². The first-order valence-electron chi connectivity index (χ1n) is 11.3. The van der Waals surface area contributed by atoms with Gasteiger partial charge in [0.05, 0.1) is 14.2 Å². The first kappa shape index (κ1) is 22.0. The largest absolute Gasteiger partial charge is 0.497 e. The Labute approximate surface area is 198 Å². The highest BCUT2D eigenvalue weighted by molar-refractivity contribution is 5.96. The summed E-state index contributed by atoms with van der Waals surface area (Å²) in [6.45, 7) is 4.09. The van der Waals surface area contributed by atoms with Crippen molar-refractivity contribution in [2.45, 2.75) is 19.9 Å². The third kappa shape index (κ3) is 4.24. The van der Waals surface area contributed by atoms with Crippen LogP contribution in [0.2, 0.25) is 0 Å². The van der Waals surface area contributed by atoms with E-state index in [2.05, 4.69) is 23.1 Å². The first-order valence-corrected chi connectivity index (χ1v) is 11.3. The van der Waals surface area contributed by atoms with Crippen LogP contribution >= 0.6 is 0 Å². The Morgan fingerprint density at radius 1 is 0.941 bits per heavy atom. The van der Waals surface area contributed by atoms with Crippen molar-refractivity contribution in [2.24, 2.45) is 0 Å². The van der Waals surface area contributed by atoms with Crippen molar-refractivity contribution in [3.63, 3.8) is 0 Å². The number of hydrogen-bond donors (Lipinski definition) is 0. The molecule has 4 aromatic rings. The molecule has 0 saturated heterocycles. The van der Waals surface area contributed by atoms with Gasteiger partial charge >= 0.3 is 5.63 Å². The maximum Gasteiger partial charge on any atom is 0.336 e. The molecule has 2 heterocycles. The Hall–Kier alpha value is -3.77. The van der Waals surface area contributed by atoms with E-state index in [0.717, 1.165) is 64.4 Å². The lowest BCUT2D eigenvalue weighted by Gasteiger charge is -2.30. The lowest BCUT2D eigenvalue weighted by molar-refractivity contribution is 0.0959. The second-order valence-electron chi connectivity index (χ2n) is 8.50. The summed E-state index contributed by atoms with van der Waals surface area (Å²) in [4.78, 5) is 14.7. The van der Waals surface area contributed by atoms with Crippen LogP contribution in [0.4, 0.5) is 0 Å². The van der Waals surface area contributed by atoms with Crippen LogP contribution in [0.1, 0.15) is 16.7 Å². The van der Waals surface area contributed by atoms with Gasteiger partial charge in [-0.2, -0.15) is 0 Å². The molecule has 0 aliphatic carbocycles. The van der Waals surface area contributed by atoms with Crippen molar-refractivity contribution < 1.29 is 18.6 Å². The zero-order valence-electron chi connectivity index (χ0n) is 19.6. The van der Waals surface area contributed by atoms with Gasteiger partial charge in [-0.3, -0.25) is 4.90 Å². The number of methoxy groups -OCH3 is 2. The molecule has 174 valence electrons. The van der Waals surface area contributed by atoms with Gasteiger partial charge in [0, 0.05) is 35.7 Å². The summed E-state index contributed by atoms with van der Waals surface area (Å²) in [5, 5.41) is 0.904.